The van der Waals surface area contributed by atoms with Gasteiger partial charge in [-0.15, -0.1) is 0 Å². The first-order valence-corrected chi connectivity index (χ1v) is 7.26. The molecule has 2 N–H and O–H groups in total. The standard InChI is InChI=1S/C14H28N2O2/c1-4-5-9-16(10-13-7-6-8-15-13)12(3)11(2)14(17)18/h11-13,15H,4-10H2,1-3H3,(H,17,18). The van der Waals surface area contributed by atoms with Crippen molar-refractivity contribution in [2.75, 3.05) is 19.6 Å². The number of hydrogen-bond acceptors (Lipinski definition) is 3. The molecule has 1 fully saturated rings. The van der Waals surface area contributed by atoms with Crippen molar-refractivity contribution >= 4 is 5.97 Å². The monoisotopic (exact) mass is 256 g/mol. The van der Waals surface area contributed by atoms with Crippen LogP contribution in [-0.4, -0.2) is 47.7 Å². The second-order valence-corrected chi connectivity index (χ2v) is 5.51. The number of nitrogens with one attached hydrogen (secondary N) is 1. The molecule has 0 spiro atoms. The number of carboxylic acid groups (broad SMARTS) is 1. The van der Waals surface area contributed by atoms with Crippen LogP contribution in [0.4, 0.5) is 0 Å². The summed E-state index contributed by atoms with van der Waals surface area (Å²) in [5, 5.41) is 12.6. The molecule has 0 aliphatic carbocycles. The topological polar surface area (TPSA) is 52.6 Å². The molecule has 0 saturated carbocycles. The molecule has 1 aliphatic rings. The minimum Gasteiger partial charge on any atom is -0.481 e. The van der Waals surface area contributed by atoms with Crippen molar-refractivity contribution in [1.29, 1.82) is 0 Å². The summed E-state index contributed by atoms with van der Waals surface area (Å²) in [6.07, 6.45) is 4.76. The summed E-state index contributed by atoms with van der Waals surface area (Å²) in [5.74, 6) is -0.994. The van der Waals surface area contributed by atoms with Gasteiger partial charge in [-0.05, 0) is 39.3 Å². The molecule has 1 aliphatic heterocycles. The largest absolute Gasteiger partial charge is 0.481 e. The molecule has 0 aromatic carbocycles. The fourth-order valence-electron chi connectivity index (χ4n) is 2.54. The van der Waals surface area contributed by atoms with Crippen LogP contribution < -0.4 is 5.32 Å². The van der Waals surface area contributed by atoms with Gasteiger partial charge in [0.15, 0.2) is 0 Å². The lowest BCUT2D eigenvalue weighted by atomic mass is 10.0. The first kappa shape index (κ1) is 15.4. The number of carbonyl (C=O) groups is 1. The highest BCUT2D eigenvalue weighted by atomic mass is 16.4. The fourth-order valence-corrected chi connectivity index (χ4v) is 2.54. The molecular weight excluding hydrogens is 228 g/mol. The van der Waals surface area contributed by atoms with E-state index in [2.05, 4.69) is 17.1 Å². The van der Waals surface area contributed by atoms with Gasteiger partial charge in [-0.2, -0.15) is 0 Å². The summed E-state index contributed by atoms with van der Waals surface area (Å²) in [7, 11) is 0. The second-order valence-electron chi connectivity index (χ2n) is 5.51. The number of nitrogens with zero attached hydrogens (tertiary/aromatic N) is 1. The van der Waals surface area contributed by atoms with E-state index in [9.17, 15) is 4.79 Å². The van der Waals surface area contributed by atoms with Crippen LogP contribution >= 0.6 is 0 Å². The zero-order valence-electron chi connectivity index (χ0n) is 12.0. The number of hydrogen-bond donors (Lipinski definition) is 2. The van der Waals surface area contributed by atoms with Gasteiger partial charge in [0.25, 0.3) is 0 Å². The molecular formula is C14H28N2O2. The zero-order valence-corrected chi connectivity index (χ0v) is 12.0. The Kier molecular flexibility index (Phi) is 6.65. The van der Waals surface area contributed by atoms with Crippen LogP contribution in [0.3, 0.4) is 0 Å². The van der Waals surface area contributed by atoms with E-state index in [0.717, 1.165) is 32.5 Å². The van der Waals surface area contributed by atoms with Gasteiger partial charge in [0.2, 0.25) is 0 Å². The lowest BCUT2D eigenvalue weighted by Crippen LogP contribution is -2.46. The molecule has 1 heterocycles. The maximum absolute atomic E-state index is 11.1. The minimum atomic E-state index is -0.691. The molecule has 3 unspecified atom stereocenters. The third-order valence-corrected chi connectivity index (χ3v) is 4.11. The van der Waals surface area contributed by atoms with Gasteiger partial charge in [0.05, 0.1) is 5.92 Å². The van der Waals surface area contributed by atoms with Gasteiger partial charge in [0.1, 0.15) is 0 Å². The van der Waals surface area contributed by atoms with Gasteiger partial charge in [-0.25, -0.2) is 0 Å². The third kappa shape index (κ3) is 4.58. The molecule has 1 rings (SSSR count). The number of rotatable bonds is 8. The Morgan fingerprint density at radius 3 is 2.72 bits per heavy atom. The van der Waals surface area contributed by atoms with E-state index in [0.29, 0.717) is 6.04 Å². The molecule has 106 valence electrons. The second kappa shape index (κ2) is 7.74. The average molecular weight is 256 g/mol. The first-order chi connectivity index (χ1) is 8.56. The lowest BCUT2D eigenvalue weighted by Gasteiger charge is -2.33. The molecule has 0 aromatic heterocycles. The Labute approximate surface area is 111 Å². The molecule has 0 amide bonds. The van der Waals surface area contributed by atoms with Gasteiger partial charge >= 0.3 is 5.97 Å². The summed E-state index contributed by atoms with van der Waals surface area (Å²) in [6.45, 7) is 9.14. The lowest BCUT2D eigenvalue weighted by molar-refractivity contribution is -0.143. The van der Waals surface area contributed by atoms with E-state index in [1.165, 1.54) is 12.8 Å². The van der Waals surface area contributed by atoms with Crippen LogP contribution in [0.1, 0.15) is 46.5 Å². The summed E-state index contributed by atoms with van der Waals surface area (Å²) < 4.78 is 0. The summed E-state index contributed by atoms with van der Waals surface area (Å²) in [4.78, 5) is 13.5. The highest BCUT2D eigenvalue weighted by Gasteiger charge is 2.27. The predicted molar refractivity (Wildman–Crippen MR) is 73.8 cm³/mol. The van der Waals surface area contributed by atoms with E-state index in [1.54, 1.807) is 0 Å². The SMILES string of the molecule is CCCCN(CC1CCCN1)C(C)C(C)C(=O)O. The highest BCUT2D eigenvalue weighted by molar-refractivity contribution is 5.70. The van der Waals surface area contributed by atoms with Crippen LogP contribution in [0.5, 0.6) is 0 Å². The smallest absolute Gasteiger partial charge is 0.307 e. The Morgan fingerprint density at radius 2 is 2.22 bits per heavy atom. The maximum atomic E-state index is 11.1. The maximum Gasteiger partial charge on any atom is 0.307 e. The number of carboxylic acids is 1. The minimum absolute atomic E-state index is 0.108. The van der Waals surface area contributed by atoms with E-state index in [1.807, 2.05) is 13.8 Å². The molecule has 4 nitrogen and oxygen atoms in total. The van der Waals surface area contributed by atoms with Crippen molar-refractivity contribution in [2.24, 2.45) is 5.92 Å². The Balaban J connectivity index is 2.54. The molecule has 0 radical (unpaired) electrons. The van der Waals surface area contributed by atoms with Crippen LogP contribution in [0.25, 0.3) is 0 Å². The van der Waals surface area contributed by atoms with E-state index >= 15 is 0 Å². The Hall–Kier alpha value is -0.610. The molecule has 0 bridgehead atoms. The molecule has 4 heteroatoms. The zero-order chi connectivity index (χ0) is 13.5. The van der Waals surface area contributed by atoms with Crippen LogP contribution in [0.15, 0.2) is 0 Å². The van der Waals surface area contributed by atoms with E-state index in [4.69, 9.17) is 5.11 Å². The van der Waals surface area contributed by atoms with Crippen LogP contribution in [-0.2, 0) is 4.79 Å². The Bertz CT molecular complexity index is 252. The first-order valence-electron chi connectivity index (χ1n) is 7.26. The van der Waals surface area contributed by atoms with Crippen LogP contribution in [0, 0.1) is 5.92 Å². The molecule has 1 saturated heterocycles. The van der Waals surface area contributed by atoms with Crippen molar-refractivity contribution in [3.8, 4) is 0 Å². The van der Waals surface area contributed by atoms with E-state index < -0.39 is 5.97 Å². The number of unbranched alkanes of at least 4 members (excludes halogenated alkanes) is 1. The fraction of sp³-hybridized carbons (Fsp3) is 0.929. The summed E-state index contributed by atoms with van der Waals surface area (Å²) >= 11 is 0. The van der Waals surface area contributed by atoms with Crippen molar-refractivity contribution in [2.45, 2.75) is 58.5 Å². The number of aliphatic carboxylic acids is 1. The van der Waals surface area contributed by atoms with Crippen LogP contribution in [0.2, 0.25) is 0 Å². The molecule has 3 atom stereocenters. The summed E-state index contributed by atoms with van der Waals surface area (Å²) in [6, 6.07) is 0.654. The van der Waals surface area contributed by atoms with Crippen molar-refractivity contribution in [3.63, 3.8) is 0 Å². The van der Waals surface area contributed by atoms with E-state index in [-0.39, 0.29) is 12.0 Å². The predicted octanol–water partition coefficient (Wildman–Crippen LogP) is 1.95. The highest BCUT2D eigenvalue weighted by Crippen LogP contribution is 2.15. The molecule has 0 aromatic rings. The molecule has 18 heavy (non-hydrogen) atoms. The third-order valence-electron chi connectivity index (χ3n) is 4.11. The van der Waals surface area contributed by atoms with Gasteiger partial charge in [-0.1, -0.05) is 20.3 Å². The van der Waals surface area contributed by atoms with Crippen molar-refractivity contribution in [1.82, 2.24) is 10.2 Å². The van der Waals surface area contributed by atoms with Crippen molar-refractivity contribution < 1.29 is 9.90 Å². The van der Waals surface area contributed by atoms with Gasteiger partial charge in [-0.3, -0.25) is 9.69 Å². The van der Waals surface area contributed by atoms with Gasteiger partial charge < -0.3 is 10.4 Å². The Morgan fingerprint density at radius 1 is 1.50 bits per heavy atom. The normalized spacial score (nSPS) is 23.2. The quantitative estimate of drug-likeness (QED) is 0.697. The summed E-state index contributed by atoms with van der Waals surface area (Å²) in [5.41, 5.74) is 0. The van der Waals surface area contributed by atoms with Crippen molar-refractivity contribution in [3.05, 3.63) is 0 Å². The van der Waals surface area contributed by atoms with Gasteiger partial charge in [0, 0.05) is 18.6 Å². The average Bonchev–Trinajstić information content (AvgIpc) is 2.85.